The van der Waals surface area contributed by atoms with Crippen LogP contribution < -0.4 is 24.8 Å². The molecule has 0 aliphatic rings. The summed E-state index contributed by atoms with van der Waals surface area (Å²) in [6.45, 7) is 28.6. The number of benzene rings is 2. The number of hydrogen-bond donors (Lipinski definition) is 0. The minimum absolute atomic E-state index is 0. The average molecular weight is 676 g/mol. The van der Waals surface area contributed by atoms with Gasteiger partial charge in [-0.15, -0.1) is 56.9 Å². The van der Waals surface area contributed by atoms with Crippen molar-refractivity contribution in [3.8, 4) is 0 Å². The van der Waals surface area contributed by atoms with Crippen LogP contribution in [0.3, 0.4) is 0 Å². The quantitative estimate of drug-likeness (QED) is 0.188. The van der Waals surface area contributed by atoms with Gasteiger partial charge in [0.1, 0.15) is 0 Å². The number of fused-ring (bicyclic) bond motifs is 2. The van der Waals surface area contributed by atoms with Crippen LogP contribution >= 0.6 is 0 Å². The molecule has 0 heterocycles. The molecule has 0 nitrogen and oxygen atoms in total. The molecular weight excluding hydrogens is 623 g/mol. The van der Waals surface area contributed by atoms with Crippen LogP contribution in [0.25, 0.3) is 21.5 Å². The van der Waals surface area contributed by atoms with E-state index >= 15 is 0 Å². The van der Waals surface area contributed by atoms with Crippen LogP contribution in [0, 0.1) is 13.8 Å². The van der Waals surface area contributed by atoms with Gasteiger partial charge in [0.2, 0.25) is 0 Å². The van der Waals surface area contributed by atoms with Crippen molar-refractivity contribution in [3.05, 3.63) is 81.9 Å². The number of rotatable bonds is 4. The second-order valence-electron chi connectivity index (χ2n) is 11.3. The first kappa shape index (κ1) is 43.8. The molecule has 0 bridgehead atoms. The third-order valence-corrected chi connectivity index (χ3v) is 6.62. The molecule has 0 N–H and O–H groups in total. The molecule has 0 atom stereocenters. The van der Waals surface area contributed by atoms with Crippen molar-refractivity contribution in [3.63, 3.8) is 0 Å². The summed E-state index contributed by atoms with van der Waals surface area (Å²) in [5, 5.41) is 5.70. The van der Waals surface area contributed by atoms with Gasteiger partial charge in [-0.2, -0.15) is 12.1 Å². The zero-order chi connectivity index (χ0) is 28.4. The standard InChI is InChI=1S/2C16H21.C2H5Si.C2H6.2ClH.Zr/c2*1-10(2)13-8-14-6-12(5)7-16(14)15(9-13)11(3)4;1-2-3;1-2;;;/h2*6-11H,1-5H3;2H2,1H3;1-2H3;2*1H;/q2*-1;;;;;+4/p-2. The zero-order valence-electron chi connectivity index (χ0n) is 27.4. The minimum Gasteiger partial charge on any atom is -1.00 e. The van der Waals surface area contributed by atoms with Crippen LogP contribution in [0.5, 0.6) is 0 Å². The van der Waals surface area contributed by atoms with E-state index in [2.05, 4.69) is 128 Å². The molecule has 0 aliphatic carbocycles. The first-order chi connectivity index (χ1) is 17.4. The fraction of sp³-hybridized carbons (Fsp3) is 0.500. The molecule has 4 rings (SSSR count). The number of hydrogen-bond acceptors (Lipinski definition) is 0. The molecule has 4 heteroatoms. The molecule has 0 saturated carbocycles. The zero-order valence-corrected chi connectivity index (χ0v) is 32.4. The molecule has 4 aromatic carbocycles. The maximum atomic E-state index is 3.18. The Morgan fingerprint density at radius 1 is 0.575 bits per heavy atom. The van der Waals surface area contributed by atoms with E-state index in [1.165, 1.54) is 54.9 Å². The molecule has 40 heavy (non-hydrogen) atoms. The van der Waals surface area contributed by atoms with E-state index in [1.807, 2.05) is 20.8 Å². The van der Waals surface area contributed by atoms with E-state index in [0.717, 1.165) is 6.04 Å². The molecular formula is C36H53Cl2SiZr. The predicted molar refractivity (Wildman–Crippen MR) is 172 cm³/mol. The van der Waals surface area contributed by atoms with E-state index in [0.29, 0.717) is 23.7 Å². The minimum atomic E-state index is 0. The molecule has 0 aromatic heterocycles. The van der Waals surface area contributed by atoms with Crippen LogP contribution in [0.1, 0.15) is 133 Å². The van der Waals surface area contributed by atoms with Gasteiger partial charge in [0.05, 0.1) is 0 Å². The van der Waals surface area contributed by atoms with Crippen molar-refractivity contribution in [2.24, 2.45) is 0 Å². The van der Waals surface area contributed by atoms with Gasteiger partial charge in [-0.1, -0.05) is 130 Å². The Hall–Kier alpha value is -0.660. The van der Waals surface area contributed by atoms with E-state index < -0.39 is 0 Å². The summed E-state index contributed by atoms with van der Waals surface area (Å²) in [7, 11) is 3.18. The van der Waals surface area contributed by atoms with E-state index in [1.54, 1.807) is 0 Å². The second kappa shape index (κ2) is 21.1. The summed E-state index contributed by atoms with van der Waals surface area (Å²) in [4.78, 5) is 0. The fourth-order valence-corrected chi connectivity index (χ4v) is 4.67. The van der Waals surface area contributed by atoms with E-state index in [4.69, 9.17) is 0 Å². The Morgan fingerprint density at radius 2 is 0.850 bits per heavy atom. The van der Waals surface area contributed by atoms with Gasteiger partial charge in [0.25, 0.3) is 0 Å². The molecule has 4 aromatic rings. The monoisotopic (exact) mass is 673 g/mol. The SMILES string of the molecule is CC.CC[Si].Cc1cc2c(C(C)C)cc(C(C)C)cc2[cH-]1.Cc1cc2c(C(C)C)cc(C(C)C)cc2[cH-]1.[Cl-].[Cl-].[Zr+4]. The van der Waals surface area contributed by atoms with Crippen molar-refractivity contribution in [1.82, 2.24) is 0 Å². The molecule has 219 valence electrons. The predicted octanol–water partition coefficient (Wildman–Crippen LogP) is 5.85. The van der Waals surface area contributed by atoms with Crippen molar-refractivity contribution in [2.75, 3.05) is 0 Å². The van der Waals surface area contributed by atoms with Crippen LogP contribution in [-0.2, 0) is 26.2 Å². The first-order valence-corrected chi connectivity index (χ1v) is 15.2. The molecule has 3 radical (unpaired) electrons. The average Bonchev–Trinajstić information content (AvgIpc) is 3.39. The van der Waals surface area contributed by atoms with Gasteiger partial charge < -0.3 is 24.8 Å². The van der Waals surface area contributed by atoms with Crippen molar-refractivity contribution in [1.29, 1.82) is 0 Å². The maximum absolute atomic E-state index is 3.18. The Balaban J connectivity index is -0.000000554. The summed E-state index contributed by atoms with van der Waals surface area (Å²) in [6, 6.07) is 19.7. The number of aryl methyl sites for hydroxylation is 2. The van der Waals surface area contributed by atoms with Crippen LogP contribution in [-0.4, -0.2) is 10.2 Å². The molecule has 0 aliphatic heterocycles. The van der Waals surface area contributed by atoms with Crippen molar-refractivity contribution < 1.29 is 51.0 Å². The third-order valence-electron chi connectivity index (χ3n) is 6.62. The topological polar surface area (TPSA) is 0 Å². The smallest absolute Gasteiger partial charge is 1.00 e. The van der Waals surface area contributed by atoms with Gasteiger partial charge in [-0.05, 0) is 23.7 Å². The first-order valence-electron chi connectivity index (χ1n) is 14.5. The molecule has 0 spiro atoms. The second-order valence-corrected chi connectivity index (χ2v) is 12.0. The van der Waals surface area contributed by atoms with Gasteiger partial charge in [0.15, 0.2) is 0 Å². The Morgan fingerprint density at radius 3 is 1.07 bits per heavy atom. The summed E-state index contributed by atoms with van der Waals surface area (Å²) in [5.41, 5.74) is 8.66. The molecule has 0 unspecified atom stereocenters. The Kier molecular flexibility index (Phi) is 23.1. The normalized spacial score (nSPS) is 10.2. The maximum Gasteiger partial charge on any atom is 4.00 e. The summed E-state index contributed by atoms with van der Waals surface area (Å²) in [5.74, 6) is 2.42. The van der Waals surface area contributed by atoms with Gasteiger partial charge in [-0.25, -0.2) is 0 Å². The van der Waals surface area contributed by atoms with Gasteiger partial charge in [-0.3, -0.25) is 0 Å². The van der Waals surface area contributed by atoms with E-state index in [9.17, 15) is 0 Å². The molecule has 0 saturated heterocycles. The summed E-state index contributed by atoms with van der Waals surface area (Å²) < 4.78 is 0. The molecule has 0 fully saturated rings. The summed E-state index contributed by atoms with van der Waals surface area (Å²) in [6.07, 6.45) is 0. The summed E-state index contributed by atoms with van der Waals surface area (Å²) >= 11 is 0. The van der Waals surface area contributed by atoms with E-state index in [-0.39, 0.29) is 51.0 Å². The van der Waals surface area contributed by atoms with Crippen molar-refractivity contribution >= 4 is 31.8 Å². The Labute approximate surface area is 282 Å². The molecule has 0 amide bonds. The van der Waals surface area contributed by atoms with Gasteiger partial charge >= 0.3 is 26.2 Å². The van der Waals surface area contributed by atoms with Crippen LogP contribution in [0.4, 0.5) is 0 Å². The van der Waals surface area contributed by atoms with Crippen LogP contribution in [0.15, 0.2) is 48.5 Å². The largest absolute Gasteiger partial charge is 4.00 e. The number of halogens is 2. The van der Waals surface area contributed by atoms with Crippen molar-refractivity contribution in [2.45, 2.75) is 120 Å². The fourth-order valence-electron chi connectivity index (χ4n) is 4.67. The third kappa shape index (κ3) is 12.3. The Bertz CT molecular complexity index is 1130. The van der Waals surface area contributed by atoms with Gasteiger partial charge in [0, 0.05) is 10.2 Å². The van der Waals surface area contributed by atoms with Crippen LogP contribution in [0.2, 0.25) is 6.04 Å².